The predicted octanol–water partition coefficient (Wildman–Crippen LogP) is 3.97. The maximum absolute atomic E-state index is 12.2. The second kappa shape index (κ2) is 3.46. The van der Waals surface area contributed by atoms with Crippen LogP contribution in [0.5, 0.6) is 0 Å². The zero-order chi connectivity index (χ0) is 10.9. The summed E-state index contributed by atoms with van der Waals surface area (Å²) in [6.07, 6.45) is -1.31. The molecule has 0 unspecified atom stereocenters. The molecule has 15 heavy (non-hydrogen) atoms. The van der Waals surface area contributed by atoms with E-state index in [1.807, 2.05) is 0 Å². The lowest BCUT2D eigenvalue weighted by molar-refractivity contribution is -0.137. The number of furan rings is 1. The SMILES string of the molecule is FC(F)(F)c1ccc(-c2ccoc2)cc1. The van der Waals surface area contributed by atoms with Crippen LogP contribution in [0.1, 0.15) is 5.56 Å². The van der Waals surface area contributed by atoms with Crippen molar-refractivity contribution in [3.8, 4) is 11.1 Å². The number of benzene rings is 1. The summed E-state index contributed by atoms with van der Waals surface area (Å²) in [5.74, 6) is 0. The summed E-state index contributed by atoms with van der Waals surface area (Å²) in [4.78, 5) is 0. The quantitative estimate of drug-likeness (QED) is 0.697. The van der Waals surface area contributed by atoms with Crippen molar-refractivity contribution in [2.45, 2.75) is 6.18 Å². The lowest BCUT2D eigenvalue weighted by atomic mass is 10.1. The Morgan fingerprint density at radius 1 is 0.867 bits per heavy atom. The summed E-state index contributed by atoms with van der Waals surface area (Å²) < 4.78 is 41.6. The van der Waals surface area contributed by atoms with Crippen LogP contribution in [0.2, 0.25) is 0 Å². The van der Waals surface area contributed by atoms with Gasteiger partial charge in [-0.3, -0.25) is 0 Å². The highest BCUT2D eigenvalue weighted by Gasteiger charge is 2.29. The van der Waals surface area contributed by atoms with Crippen molar-refractivity contribution in [3.63, 3.8) is 0 Å². The fourth-order valence-corrected chi connectivity index (χ4v) is 1.28. The van der Waals surface area contributed by atoms with E-state index in [1.54, 1.807) is 6.07 Å². The summed E-state index contributed by atoms with van der Waals surface area (Å²) in [7, 11) is 0. The summed E-state index contributed by atoms with van der Waals surface area (Å²) in [5.41, 5.74) is 0.829. The fourth-order valence-electron chi connectivity index (χ4n) is 1.28. The minimum Gasteiger partial charge on any atom is -0.472 e. The highest BCUT2D eigenvalue weighted by Crippen LogP contribution is 2.30. The number of hydrogen-bond donors (Lipinski definition) is 0. The number of halogens is 3. The van der Waals surface area contributed by atoms with E-state index in [0.717, 1.165) is 17.7 Å². The van der Waals surface area contributed by atoms with Gasteiger partial charge in [-0.15, -0.1) is 0 Å². The topological polar surface area (TPSA) is 13.1 Å². The van der Waals surface area contributed by atoms with E-state index >= 15 is 0 Å². The van der Waals surface area contributed by atoms with Crippen molar-refractivity contribution in [3.05, 3.63) is 48.4 Å². The molecule has 1 heterocycles. The van der Waals surface area contributed by atoms with Gasteiger partial charge in [-0.2, -0.15) is 13.2 Å². The van der Waals surface area contributed by atoms with Crippen LogP contribution < -0.4 is 0 Å². The Kier molecular flexibility index (Phi) is 2.26. The third-order valence-corrected chi connectivity index (χ3v) is 2.07. The maximum atomic E-state index is 12.2. The Morgan fingerprint density at radius 3 is 2.00 bits per heavy atom. The first-order chi connectivity index (χ1) is 7.07. The summed E-state index contributed by atoms with van der Waals surface area (Å²) in [6.45, 7) is 0. The second-order valence-corrected chi connectivity index (χ2v) is 3.09. The first kappa shape index (κ1) is 9.83. The van der Waals surface area contributed by atoms with Gasteiger partial charge >= 0.3 is 6.18 Å². The van der Waals surface area contributed by atoms with Gasteiger partial charge in [0.2, 0.25) is 0 Å². The lowest BCUT2D eigenvalue weighted by Crippen LogP contribution is -2.03. The van der Waals surface area contributed by atoms with Crippen molar-refractivity contribution in [2.75, 3.05) is 0 Å². The molecule has 78 valence electrons. The van der Waals surface area contributed by atoms with E-state index in [4.69, 9.17) is 4.42 Å². The average Bonchev–Trinajstić information content (AvgIpc) is 2.69. The standard InChI is InChI=1S/C11H7F3O/c12-11(13,14)10-3-1-8(2-4-10)9-5-6-15-7-9/h1-7H. The van der Waals surface area contributed by atoms with Crippen LogP contribution in [0.4, 0.5) is 13.2 Å². The molecule has 0 amide bonds. The van der Waals surface area contributed by atoms with Crippen molar-refractivity contribution < 1.29 is 17.6 Å². The molecule has 2 rings (SSSR count). The monoisotopic (exact) mass is 212 g/mol. The zero-order valence-electron chi connectivity index (χ0n) is 7.58. The first-order valence-electron chi connectivity index (χ1n) is 4.27. The van der Waals surface area contributed by atoms with Gasteiger partial charge in [0.15, 0.2) is 0 Å². The number of alkyl halides is 3. The van der Waals surface area contributed by atoms with Crippen molar-refractivity contribution in [1.29, 1.82) is 0 Å². The largest absolute Gasteiger partial charge is 0.472 e. The van der Waals surface area contributed by atoms with Gasteiger partial charge in [0.1, 0.15) is 0 Å². The van der Waals surface area contributed by atoms with Crippen LogP contribution in [0.25, 0.3) is 11.1 Å². The highest BCUT2D eigenvalue weighted by molar-refractivity contribution is 5.62. The number of rotatable bonds is 1. The van der Waals surface area contributed by atoms with E-state index in [-0.39, 0.29) is 0 Å². The van der Waals surface area contributed by atoms with E-state index in [1.165, 1.54) is 24.7 Å². The van der Waals surface area contributed by atoms with Crippen LogP contribution in [0, 0.1) is 0 Å². The molecule has 0 spiro atoms. The molecular weight excluding hydrogens is 205 g/mol. The average molecular weight is 212 g/mol. The molecule has 4 heteroatoms. The molecule has 0 atom stereocenters. The van der Waals surface area contributed by atoms with E-state index in [2.05, 4.69) is 0 Å². The zero-order valence-corrected chi connectivity index (χ0v) is 7.58. The summed E-state index contributed by atoms with van der Waals surface area (Å²) >= 11 is 0. The Balaban J connectivity index is 2.33. The highest BCUT2D eigenvalue weighted by atomic mass is 19.4. The molecule has 0 saturated carbocycles. The number of hydrogen-bond acceptors (Lipinski definition) is 1. The van der Waals surface area contributed by atoms with Gasteiger partial charge in [-0.25, -0.2) is 0 Å². The van der Waals surface area contributed by atoms with Crippen molar-refractivity contribution >= 4 is 0 Å². The Morgan fingerprint density at radius 2 is 1.53 bits per heavy atom. The summed E-state index contributed by atoms with van der Waals surface area (Å²) in [5, 5.41) is 0. The minimum absolute atomic E-state index is 0.644. The van der Waals surface area contributed by atoms with Gasteiger partial charge in [0.05, 0.1) is 18.1 Å². The Labute approximate surface area is 84.1 Å². The molecule has 1 aromatic carbocycles. The molecule has 0 fully saturated rings. The van der Waals surface area contributed by atoms with Gasteiger partial charge < -0.3 is 4.42 Å². The third kappa shape index (κ3) is 2.03. The van der Waals surface area contributed by atoms with Crippen molar-refractivity contribution in [2.24, 2.45) is 0 Å². The Bertz CT molecular complexity index is 426. The molecule has 2 aromatic rings. The molecule has 0 radical (unpaired) electrons. The molecule has 1 nitrogen and oxygen atoms in total. The molecule has 0 aliphatic carbocycles. The molecule has 0 aliphatic rings. The van der Waals surface area contributed by atoms with Crippen LogP contribution in [0.3, 0.4) is 0 Å². The molecule has 0 saturated heterocycles. The minimum atomic E-state index is -4.28. The Hall–Kier alpha value is -1.71. The fraction of sp³-hybridized carbons (Fsp3) is 0.0909. The van der Waals surface area contributed by atoms with E-state index < -0.39 is 11.7 Å². The van der Waals surface area contributed by atoms with E-state index in [0.29, 0.717) is 5.56 Å². The normalized spacial score (nSPS) is 11.7. The van der Waals surface area contributed by atoms with Crippen LogP contribution in [-0.4, -0.2) is 0 Å². The van der Waals surface area contributed by atoms with Gasteiger partial charge in [-0.05, 0) is 23.8 Å². The lowest BCUT2D eigenvalue weighted by Gasteiger charge is -2.06. The third-order valence-electron chi connectivity index (χ3n) is 2.07. The molecule has 1 aromatic heterocycles. The van der Waals surface area contributed by atoms with Crippen LogP contribution in [-0.2, 0) is 6.18 Å². The van der Waals surface area contributed by atoms with E-state index in [9.17, 15) is 13.2 Å². The first-order valence-corrected chi connectivity index (χ1v) is 4.27. The van der Waals surface area contributed by atoms with Gasteiger partial charge in [-0.1, -0.05) is 12.1 Å². The van der Waals surface area contributed by atoms with Crippen molar-refractivity contribution in [1.82, 2.24) is 0 Å². The predicted molar refractivity (Wildman–Crippen MR) is 49.1 cm³/mol. The van der Waals surface area contributed by atoms with Gasteiger partial charge in [0, 0.05) is 5.56 Å². The molecule has 0 aliphatic heterocycles. The second-order valence-electron chi connectivity index (χ2n) is 3.09. The van der Waals surface area contributed by atoms with Crippen LogP contribution >= 0.6 is 0 Å². The maximum Gasteiger partial charge on any atom is 0.416 e. The summed E-state index contributed by atoms with van der Waals surface area (Å²) in [6, 6.07) is 6.66. The molecule has 0 bridgehead atoms. The molecular formula is C11H7F3O. The van der Waals surface area contributed by atoms with Gasteiger partial charge in [0.25, 0.3) is 0 Å². The van der Waals surface area contributed by atoms with Crippen LogP contribution in [0.15, 0.2) is 47.3 Å². The molecule has 0 N–H and O–H groups in total. The smallest absolute Gasteiger partial charge is 0.416 e.